The zero-order chi connectivity index (χ0) is 32.2. The van der Waals surface area contributed by atoms with Gasteiger partial charge in [0, 0.05) is 32.9 Å². The van der Waals surface area contributed by atoms with Gasteiger partial charge in [-0.25, -0.2) is 4.85 Å². The smallest absolute Gasteiger partial charge is 0.218 e. The van der Waals surface area contributed by atoms with Gasteiger partial charge in [0.25, 0.3) is 0 Å². The van der Waals surface area contributed by atoms with Crippen LogP contribution in [0.3, 0.4) is 0 Å². The lowest BCUT2D eigenvalue weighted by Gasteiger charge is -2.17. The van der Waals surface area contributed by atoms with E-state index in [0.29, 0.717) is 11.4 Å². The Morgan fingerprint density at radius 3 is 1.25 bits per heavy atom. The van der Waals surface area contributed by atoms with E-state index in [1.54, 1.807) is 6.07 Å². The predicted octanol–water partition coefficient (Wildman–Crippen LogP) is 12.3. The second kappa shape index (κ2) is 10.9. The molecule has 7 aromatic carbocycles. The highest BCUT2D eigenvalue weighted by Crippen LogP contribution is 2.45. The van der Waals surface area contributed by atoms with Crippen molar-refractivity contribution in [3.05, 3.63) is 181 Å². The van der Waals surface area contributed by atoms with Gasteiger partial charge < -0.3 is 9.13 Å². The molecule has 9 rings (SSSR count). The SMILES string of the molecule is [C-]#[N+]c1ccc(-c2ccc(-c3ccc(-n4c5ccccc5c5ccccc54)cc3)cc2)c(-n2c3ccccc3c3ccccc32)c1[N+]#[C-]. The largest absolute Gasteiger partial charge is 0.320 e. The Morgan fingerprint density at radius 1 is 0.375 bits per heavy atom. The first-order valence-corrected chi connectivity index (χ1v) is 15.8. The maximum absolute atomic E-state index is 8.18. The summed E-state index contributed by atoms with van der Waals surface area (Å²) in [6.07, 6.45) is 0. The van der Waals surface area contributed by atoms with Crippen molar-refractivity contribution >= 4 is 55.0 Å². The summed E-state index contributed by atoms with van der Waals surface area (Å²) in [5.74, 6) is 0. The number of fused-ring (bicyclic) bond motifs is 6. The van der Waals surface area contributed by atoms with Gasteiger partial charge in [-0.05, 0) is 58.7 Å². The van der Waals surface area contributed by atoms with Crippen LogP contribution < -0.4 is 0 Å². The summed E-state index contributed by atoms with van der Waals surface area (Å²) in [6.45, 7) is 16.0. The predicted molar refractivity (Wildman–Crippen MR) is 199 cm³/mol. The molecule has 4 heteroatoms. The molecule has 9 aromatic rings. The molecular formula is C44H26N4. The maximum atomic E-state index is 8.18. The Balaban J connectivity index is 1.15. The Bertz CT molecular complexity index is 2680. The molecule has 0 N–H and O–H groups in total. The molecule has 0 bridgehead atoms. The van der Waals surface area contributed by atoms with Crippen LogP contribution in [0, 0.1) is 13.1 Å². The maximum Gasteiger partial charge on any atom is 0.218 e. The zero-order valence-corrected chi connectivity index (χ0v) is 25.8. The van der Waals surface area contributed by atoms with Crippen LogP contribution in [0.2, 0.25) is 0 Å². The fourth-order valence-corrected chi connectivity index (χ4v) is 7.24. The van der Waals surface area contributed by atoms with E-state index in [4.69, 9.17) is 13.1 Å². The van der Waals surface area contributed by atoms with E-state index >= 15 is 0 Å². The summed E-state index contributed by atoms with van der Waals surface area (Å²) in [5, 5.41) is 4.73. The minimum Gasteiger partial charge on any atom is -0.320 e. The van der Waals surface area contributed by atoms with E-state index in [2.05, 4.69) is 140 Å². The van der Waals surface area contributed by atoms with Gasteiger partial charge in [0.2, 0.25) is 5.69 Å². The standard InChI is InChI=1S/C44H26N4/c1-45-38-28-27-33(44(43(38)46-2)48-41-17-9-5-13-36(41)37-14-6-10-18-42(37)48)31-21-19-29(20-22-31)30-23-25-32(26-24-30)47-39-15-7-3-11-34(39)35-12-4-8-16-40(35)47/h3-28H. The minimum atomic E-state index is 0.352. The molecule has 0 amide bonds. The number of nitrogens with zero attached hydrogens (tertiary/aromatic N) is 4. The Kier molecular flexibility index (Phi) is 6.22. The van der Waals surface area contributed by atoms with Crippen LogP contribution >= 0.6 is 0 Å². The number of aromatic nitrogens is 2. The number of hydrogen-bond acceptors (Lipinski definition) is 0. The van der Waals surface area contributed by atoms with E-state index < -0.39 is 0 Å². The van der Waals surface area contributed by atoms with Gasteiger partial charge in [0.1, 0.15) is 0 Å². The van der Waals surface area contributed by atoms with E-state index in [9.17, 15) is 0 Å². The van der Waals surface area contributed by atoms with Crippen LogP contribution in [-0.4, -0.2) is 9.13 Å². The lowest BCUT2D eigenvalue weighted by atomic mass is 9.97. The van der Waals surface area contributed by atoms with Crippen molar-refractivity contribution in [1.29, 1.82) is 0 Å². The molecule has 0 saturated carbocycles. The molecule has 0 saturated heterocycles. The second-order valence-corrected chi connectivity index (χ2v) is 11.9. The lowest BCUT2D eigenvalue weighted by molar-refractivity contribution is 1.18. The molecule has 0 aliphatic carbocycles. The average Bonchev–Trinajstić information content (AvgIpc) is 3.67. The summed E-state index contributed by atoms with van der Waals surface area (Å²) in [4.78, 5) is 7.68. The van der Waals surface area contributed by atoms with Crippen LogP contribution in [-0.2, 0) is 0 Å². The highest BCUT2D eigenvalue weighted by Gasteiger charge is 2.21. The molecule has 0 unspecified atom stereocenters. The van der Waals surface area contributed by atoms with Crippen molar-refractivity contribution in [2.24, 2.45) is 0 Å². The monoisotopic (exact) mass is 610 g/mol. The quantitative estimate of drug-likeness (QED) is 0.177. The molecule has 2 heterocycles. The van der Waals surface area contributed by atoms with E-state index in [1.807, 2.05) is 30.3 Å². The summed E-state index contributed by atoms with van der Waals surface area (Å²) in [6, 6.07) is 54.7. The molecule has 48 heavy (non-hydrogen) atoms. The fourth-order valence-electron chi connectivity index (χ4n) is 7.24. The third-order valence-corrected chi connectivity index (χ3v) is 9.40. The molecule has 0 aliphatic heterocycles. The van der Waals surface area contributed by atoms with Gasteiger partial charge in [-0.1, -0.05) is 121 Å². The van der Waals surface area contributed by atoms with E-state index in [0.717, 1.165) is 55.4 Å². The van der Waals surface area contributed by atoms with Crippen LogP contribution in [0.5, 0.6) is 0 Å². The van der Waals surface area contributed by atoms with Gasteiger partial charge in [-0.2, -0.15) is 0 Å². The van der Waals surface area contributed by atoms with Gasteiger partial charge in [-0.3, -0.25) is 4.85 Å². The molecule has 0 atom stereocenters. The molecule has 0 aliphatic rings. The van der Waals surface area contributed by atoms with Crippen LogP contribution in [0.25, 0.3) is 86.9 Å². The Hall–Kier alpha value is -6.88. The summed E-state index contributed by atoms with van der Waals surface area (Å²) < 4.78 is 4.48. The molecule has 0 spiro atoms. The van der Waals surface area contributed by atoms with Gasteiger partial charge in [-0.15, -0.1) is 0 Å². The van der Waals surface area contributed by atoms with Gasteiger partial charge in [0.05, 0.1) is 35.2 Å². The minimum absolute atomic E-state index is 0.352. The average molecular weight is 611 g/mol. The molecule has 0 radical (unpaired) electrons. The van der Waals surface area contributed by atoms with Crippen molar-refractivity contribution in [1.82, 2.24) is 9.13 Å². The first-order valence-electron chi connectivity index (χ1n) is 15.8. The first-order chi connectivity index (χ1) is 23.7. The fraction of sp³-hybridized carbons (Fsp3) is 0. The number of rotatable bonds is 4. The molecule has 222 valence electrons. The zero-order valence-electron chi connectivity index (χ0n) is 25.8. The van der Waals surface area contributed by atoms with Crippen molar-refractivity contribution in [2.75, 3.05) is 0 Å². The van der Waals surface area contributed by atoms with Gasteiger partial charge in [0.15, 0.2) is 5.69 Å². The Morgan fingerprint density at radius 2 is 0.792 bits per heavy atom. The van der Waals surface area contributed by atoms with Crippen molar-refractivity contribution in [2.45, 2.75) is 0 Å². The van der Waals surface area contributed by atoms with Crippen molar-refractivity contribution < 1.29 is 0 Å². The number of para-hydroxylation sites is 4. The summed E-state index contributed by atoms with van der Waals surface area (Å²) in [7, 11) is 0. The highest BCUT2D eigenvalue weighted by atomic mass is 15.0. The Labute approximate surface area is 277 Å². The highest BCUT2D eigenvalue weighted by molar-refractivity contribution is 6.11. The van der Waals surface area contributed by atoms with Crippen molar-refractivity contribution in [3.63, 3.8) is 0 Å². The van der Waals surface area contributed by atoms with E-state index in [1.165, 1.54) is 21.8 Å². The second-order valence-electron chi connectivity index (χ2n) is 11.9. The summed E-state index contributed by atoms with van der Waals surface area (Å²) >= 11 is 0. The van der Waals surface area contributed by atoms with Crippen LogP contribution in [0.1, 0.15) is 0 Å². The topological polar surface area (TPSA) is 18.6 Å². The third kappa shape index (κ3) is 4.07. The molecule has 0 fully saturated rings. The van der Waals surface area contributed by atoms with E-state index in [-0.39, 0.29) is 0 Å². The lowest BCUT2D eigenvalue weighted by Crippen LogP contribution is -1.98. The number of benzene rings is 7. The first kappa shape index (κ1) is 27.4. The molecule has 4 nitrogen and oxygen atoms in total. The number of hydrogen-bond donors (Lipinski definition) is 0. The normalized spacial score (nSPS) is 11.3. The van der Waals surface area contributed by atoms with Crippen LogP contribution in [0.15, 0.2) is 158 Å². The van der Waals surface area contributed by atoms with Crippen molar-refractivity contribution in [3.8, 4) is 33.6 Å². The summed E-state index contributed by atoms with van der Waals surface area (Å²) in [5.41, 5.74) is 11.1. The molecule has 2 aromatic heterocycles. The third-order valence-electron chi connectivity index (χ3n) is 9.40. The van der Waals surface area contributed by atoms with Gasteiger partial charge >= 0.3 is 0 Å². The van der Waals surface area contributed by atoms with Crippen LogP contribution in [0.4, 0.5) is 11.4 Å². The molecular weight excluding hydrogens is 585 g/mol.